The number of hydrogen-bond donors (Lipinski definition) is 0. The molecular weight excluding hydrogens is 192 g/mol. The summed E-state index contributed by atoms with van der Waals surface area (Å²) >= 11 is 0. The Morgan fingerprint density at radius 3 is 2.40 bits per heavy atom. The molecule has 0 amide bonds. The van der Waals surface area contributed by atoms with Crippen molar-refractivity contribution in [1.29, 1.82) is 0 Å². The fourth-order valence-electron chi connectivity index (χ4n) is 1.50. The molecule has 0 aromatic carbocycles. The molecule has 0 heterocycles. The van der Waals surface area contributed by atoms with Crippen molar-refractivity contribution in [2.75, 3.05) is 7.11 Å². The molecule has 0 aromatic heterocycles. The van der Waals surface area contributed by atoms with Gasteiger partial charge >= 0.3 is 5.97 Å². The standard InChI is InChI=1S/C12H22O3/c1-4-5-6-7-11(13)8-10(2)9-12(14)15-3/h10H,4-9H2,1-3H3/t10-/m1/s1. The maximum atomic E-state index is 11.4. The van der Waals surface area contributed by atoms with Gasteiger partial charge in [0.15, 0.2) is 0 Å². The normalized spacial score (nSPS) is 12.2. The van der Waals surface area contributed by atoms with Crippen molar-refractivity contribution in [3.63, 3.8) is 0 Å². The molecule has 0 radical (unpaired) electrons. The van der Waals surface area contributed by atoms with Gasteiger partial charge < -0.3 is 4.74 Å². The lowest BCUT2D eigenvalue weighted by Crippen LogP contribution is -2.11. The van der Waals surface area contributed by atoms with E-state index in [-0.39, 0.29) is 17.7 Å². The zero-order valence-corrected chi connectivity index (χ0v) is 10.0. The molecule has 88 valence electrons. The van der Waals surface area contributed by atoms with Crippen molar-refractivity contribution in [3.05, 3.63) is 0 Å². The van der Waals surface area contributed by atoms with Crippen LogP contribution in [-0.4, -0.2) is 18.9 Å². The summed E-state index contributed by atoms with van der Waals surface area (Å²) in [6.45, 7) is 4.03. The molecular formula is C12H22O3. The Balaban J connectivity index is 3.62. The van der Waals surface area contributed by atoms with Gasteiger partial charge in [-0.05, 0) is 12.3 Å². The van der Waals surface area contributed by atoms with Crippen LogP contribution in [0.5, 0.6) is 0 Å². The molecule has 0 unspecified atom stereocenters. The molecule has 0 aliphatic rings. The van der Waals surface area contributed by atoms with E-state index in [0.717, 1.165) is 19.3 Å². The molecule has 0 fully saturated rings. The third kappa shape index (κ3) is 8.16. The van der Waals surface area contributed by atoms with Gasteiger partial charge in [0.2, 0.25) is 0 Å². The highest BCUT2D eigenvalue weighted by atomic mass is 16.5. The van der Waals surface area contributed by atoms with Crippen molar-refractivity contribution in [3.8, 4) is 0 Å². The van der Waals surface area contributed by atoms with E-state index >= 15 is 0 Å². The van der Waals surface area contributed by atoms with Crippen LogP contribution in [0.1, 0.15) is 52.4 Å². The van der Waals surface area contributed by atoms with Gasteiger partial charge in [0.25, 0.3) is 0 Å². The van der Waals surface area contributed by atoms with E-state index in [2.05, 4.69) is 11.7 Å². The summed E-state index contributed by atoms with van der Waals surface area (Å²) in [6.07, 6.45) is 4.70. The van der Waals surface area contributed by atoms with E-state index < -0.39 is 0 Å². The number of hydrogen-bond acceptors (Lipinski definition) is 3. The lowest BCUT2D eigenvalue weighted by molar-refractivity contribution is -0.141. The minimum absolute atomic E-state index is 0.103. The summed E-state index contributed by atoms with van der Waals surface area (Å²) in [5.74, 6) is 0.135. The van der Waals surface area contributed by atoms with Crippen LogP contribution in [0.2, 0.25) is 0 Å². The molecule has 3 nitrogen and oxygen atoms in total. The Hall–Kier alpha value is -0.860. The van der Waals surface area contributed by atoms with Crippen molar-refractivity contribution >= 4 is 11.8 Å². The Bertz CT molecular complexity index is 199. The van der Waals surface area contributed by atoms with Crippen LogP contribution in [0.3, 0.4) is 0 Å². The number of methoxy groups -OCH3 is 1. The minimum atomic E-state index is -0.233. The van der Waals surface area contributed by atoms with Gasteiger partial charge in [-0.1, -0.05) is 26.7 Å². The molecule has 0 rings (SSSR count). The monoisotopic (exact) mass is 214 g/mol. The quantitative estimate of drug-likeness (QED) is 0.461. The van der Waals surface area contributed by atoms with Crippen LogP contribution in [0, 0.1) is 5.92 Å². The predicted molar refractivity (Wildman–Crippen MR) is 59.6 cm³/mol. The van der Waals surface area contributed by atoms with Gasteiger partial charge in [-0.2, -0.15) is 0 Å². The number of ether oxygens (including phenoxy) is 1. The maximum Gasteiger partial charge on any atom is 0.305 e. The average molecular weight is 214 g/mol. The third-order valence-electron chi connectivity index (χ3n) is 2.38. The summed E-state index contributed by atoms with van der Waals surface area (Å²) < 4.78 is 4.55. The van der Waals surface area contributed by atoms with Crippen molar-refractivity contribution in [1.82, 2.24) is 0 Å². The van der Waals surface area contributed by atoms with Gasteiger partial charge in [0.05, 0.1) is 7.11 Å². The first-order valence-electron chi connectivity index (χ1n) is 5.68. The second kappa shape index (κ2) is 8.45. The zero-order valence-electron chi connectivity index (χ0n) is 10.0. The highest BCUT2D eigenvalue weighted by Crippen LogP contribution is 2.12. The van der Waals surface area contributed by atoms with Crippen molar-refractivity contribution in [2.45, 2.75) is 52.4 Å². The van der Waals surface area contributed by atoms with Crippen LogP contribution in [0.15, 0.2) is 0 Å². The second-order valence-corrected chi connectivity index (χ2v) is 4.09. The van der Waals surface area contributed by atoms with Gasteiger partial charge in [-0.25, -0.2) is 0 Å². The minimum Gasteiger partial charge on any atom is -0.469 e. The Morgan fingerprint density at radius 1 is 1.20 bits per heavy atom. The van der Waals surface area contributed by atoms with Crippen molar-refractivity contribution in [2.24, 2.45) is 5.92 Å². The molecule has 0 aliphatic carbocycles. The molecule has 0 aliphatic heterocycles. The van der Waals surface area contributed by atoms with Gasteiger partial charge in [0.1, 0.15) is 5.78 Å². The van der Waals surface area contributed by atoms with Gasteiger partial charge in [0, 0.05) is 19.3 Å². The van der Waals surface area contributed by atoms with E-state index in [1.807, 2.05) is 6.92 Å². The summed E-state index contributed by atoms with van der Waals surface area (Å²) in [6, 6.07) is 0. The van der Waals surface area contributed by atoms with Crippen molar-refractivity contribution < 1.29 is 14.3 Å². The number of carbonyl (C=O) groups is 2. The summed E-state index contributed by atoms with van der Waals surface area (Å²) in [5.41, 5.74) is 0. The first-order valence-corrected chi connectivity index (χ1v) is 5.68. The van der Waals surface area contributed by atoms with E-state index in [9.17, 15) is 9.59 Å². The molecule has 15 heavy (non-hydrogen) atoms. The molecule has 0 bridgehead atoms. The van der Waals surface area contributed by atoms with E-state index in [1.54, 1.807) is 0 Å². The Kier molecular flexibility index (Phi) is 7.96. The molecule has 3 heteroatoms. The van der Waals surface area contributed by atoms with Crippen LogP contribution >= 0.6 is 0 Å². The summed E-state index contributed by atoms with van der Waals surface area (Å²) in [4.78, 5) is 22.4. The Labute approximate surface area is 92.2 Å². The highest BCUT2D eigenvalue weighted by Gasteiger charge is 2.13. The summed E-state index contributed by atoms with van der Waals surface area (Å²) in [7, 11) is 1.37. The number of carbonyl (C=O) groups excluding carboxylic acids is 2. The lowest BCUT2D eigenvalue weighted by atomic mass is 9.98. The van der Waals surface area contributed by atoms with Gasteiger partial charge in [-0.3, -0.25) is 9.59 Å². The third-order valence-corrected chi connectivity index (χ3v) is 2.38. The maximum absolute atomic E-state index is 11.4. The lowest BCUT2D eigenvalue weighted by Gasteiger charge is -2.08. The largest absolute Gasteiger partial charge is 0.469 e. The smallest absolute Gasteiger partial charge is 0.305 e. The first-order chi connectivity index (χ1) is 7.10. The zero-order chi connectivity index (χ0) is 11.7. The number of unbranched alkanes of at least 4 members (excludes halogenated alkanes) is 2. The Morgan fingerprint density at radius 2 is 1.87 bits per heavy atom. The number of ketones is 1. The fraction of sp³-hybridized carbons (Fsp3) is 0.833. The molecule has 0 N–H and O–H groups in total. The average Bonchev–Trinajstić information content (AvgIpc) is 2.17. The van der Waals surface area contributed by atoms with E-state index in [1.165, 1.54) is 7.11 Å². The molecule has 1 atom stereocenters. The number of rotatable bonds is 8. The summed E-state index contributed by atoms with van der Waals surface area (Å²) in [5, 5.41) is 0. The van der Waals surface area contributed by atoms with Crippen LogP contribution < -0.4 is 0 Å². The number of Topliss-reactive ketones (excluding diaryl/α,β-unsaturated/α-hetero) is 1. The number of esters is 1. The van der Waals surface area contributed by atoms with Gasteiger partial charge in [-0.15, -0.1) is 0 Å². The molecule has 0 aromatic rings. The van der Waals surface area contributed by atoms with E-state index in [4.69, 9.17) is 0 Å². The van der Waals surface area contributed by atoms with Crippen LogP contribution in [0.4, 0.5) is 0 Å². The topological polar surface area (TPSA) is 43.4 Å². The second-order valence-electron chi connectivity index (χ2n) is 4.09. The fourth-order valence-corrected chi connectivity index (χ4v) is 1.50. The van der Waals surface area contributed by atoms with Crippen LogP contribution in [-0.2, 0) is 14.3 Å². The van der Waals surface area contributed by atoms with Crippen LogP contribution in [0.25, 0.3) is 0 Å². The molecule has 0 saturated heterocycles. The molecule has 0 spiro atoms. The SMILES string of the molecule is CCCCCC(=O)C[C@@H](C)CC(=O)OC. The van der Waals surface area contributed by atoms with E-state index in [0.29, 0.717) is 19.3 Å². The first kappa shape index (κ1) is 14.1. The highest BCUT2D eigenvalue weighted by molar-refractivity contribution is 5.79. The predicted octanol–water partition coefficient (Wildman–Crippen LogP) is 2.73. The molecule has 0 saturated carbocycles.